The number of rotatable bonds is 5. The molecule has 5 heteroatoms. The SMILES string of the molecule is CC(C)OC1CCC(c2cncc(N(C)C3CCC3)n2)NC1. The van der Waals surface area contributed by atoms with Gasteiger partial charge in [0.1, 0.15) is 5.82 Å². The minimum Gasteiger partial charge on any atom is -0.374 e. The molecule has 2 atom stereocenters. The van der Waals surface area contributed by atoms with Crippen LogP contribution in [0.25, 0.3) is 0 Å². The second-order valence-corrected chi connectivity index (χ2v) is 6.84. The summed E-state index contributed by atoms with van der Waals surface area (Å²) < 4.78 is 5.88. The van der Waals surface area contributed by atoms with Gasteiger partial charge in [0.25, 0.3) is 0 Å². The quantitative estimate of drug-likeness (QED) is 0.906. The lowest BCUT2D eigenvalue weighted by Gasteiger charge is -2.36. The molecule has 0 amide bonds. The Morgan fingerprint density at radius 2 is 2.05 bits per heavy atom. The van der Waals surface area contributed by atoms with Crippen LogP contribution in [0, 0.1) is 0 Å². The van der Waals surface area contributed by atoms with E-state index in [-0.39, 0.29) is 0 Å². The van der Waals surface area contributed by atoms with Crippen LogP contribution in [-0.4, -0.2) is 41.8 Å². The molecule has 1 N–H and O–H groups in total. The van der Waals surface area contributed by atoms with Gasteiger partial charge in [-0.3, -0.25) is 4.98 Å². The summed E-state index contributed by atoms with van der Waals surface area (Å²) in [5, 5.41) is 3.57. The number of aromatic nitrogens is 2. The zero-order valence-electron chi connectivity index (χ0n) is 14.0. The lowest BCUT2D eigenvalue weighted by molar-refractivity contribution is -0.0104. The summed E-state index contributed by atoms with van der Waals surface area (Å²) in [5.74, 6) is 1.00. The highest BCUT2D eigenvalue weighted by molar-refractivity contribution is 5.37. The van der Waals surface area contributed by atoms with Crippen molar-refractivity contribution in [2.75, 3.05) is 18.5 Å². The van der Waals surface area contributed by atoms with Gasteiger partial charge in [0.05, 0.1) is 36.3 Å². The van der Waals surface area contributed by atoms with Crippen molar-refractivity contribution in [2.24, 2.45) is 0 Å². The zero-order valence-corrected chi connectivity index (χ0v) is 14.0. The number of ether oxygens (including phenoxy) is 1. The molecule has 1 saturated carbocycles. The van der Waals surface area contributed by atoms with Crippen LogP contribution < -0.4 is 10.2 Å². The van der Waals surface area contributed by atoms with Crippen molar-refractivity contribution in [1.82, 2.24) is 15.3 Å². The van der Waals surface area contributed by atoms with Crippen molar-refractivity contribution in [2.45, 2.75) is 70.2 Å². The Bertz CT molecular complexity index is 481. The van der Waals surface area contributed by atoms with E-state index in [4.69, 9.17) is 9.72 Å². The largest absolute Gasteiger partial charge is 0.374 e. The fourth-order valence-electron chi connectivity index (χ4n) is 3.25. The van der Waals surface area contributed by atoms with E-state index in [0.29, 0.717) is 24.3 Å². The molecule has 0 aromatic carbocycles. The highest BCUT2D eigenvalue weighted by Crippen LogP contribution is 2.28. The predicted octanol–water partition coefficient (Wildman–Crippen LogP) is 2.68. The highest BCUT2D eigenvalue weighted by Gasteiger charge is 2.26. The Morgan fingerprint density at radius 3 is 2.64 bits per heavy atom. The number of hydrogen-bond donors (Lipinski definition) is 1. The van der Waals surface area contributed by atoms with E-state index in [2.05, 4.69) is 36.1 Å². The number of piperidine rings is 1. The van der Waals surface area contributed by atoms with E-state index in [0.717, 1.165) is 30.9 Å². The number of anilines is 1. The van der Waals surface area contributed by atoms with Crippen molar-refractivity contribution in [1.29, 1.82) is 0 Å². The van der Waals surface area contributed by atoms with E-state index in [1.165, 1.54) is 19.3 Å². The maximum Gasteiger partial charge on any atom is 0.147 e. The Labute approximate surface area is 133 Å². The van der Waals surface area contributed by atoms with E-state index in [1.807, 2.05) is 12.4 Å². The normalized spacial score (nSPS) is 26.0. The molecule has 1 aromatic rings. The highest BCUT2D eigenvalue weighted by atomic mass is 16.5. The van der Waals surface area contributed by atoms with Crippen LogP contribution in [0.15, 0.2) is 12.4 Å². The fraction of sp³-hybridized carbons (Fsp3) is 0.765. The topological polar surface area (TPSA) is 50.3 Å². The molecule has 0 spiro atoms. The van der Waals surface area contributed by atoms with Gasteiger partial charge in [-0.2, -0.15) is 0 Å². The van der Waals surface area contributed by atoms with Crippen LogP contribution in [-0.2, 0) is 4.74 Å². The second kappa shape index (κ2) is 6.92. The molecular formula is C17H28N4O. The smallest absolute Gasteiger partial charge is 0.147 e. The number of nitrogens with zero attached hydrogens (tertiary/aromatic N) is 3. The van der Waals surface area contributed by atoms with Gasteiger partial charge in [-0.25, -0.2) is 4.98 Å². The monoisotopic (exact) mass is 304 g/mol. The van der Waals surface area contributed by atoms with Gasteiger partial charge in [0.2, 0.25) is 0 Å². The summed E-state index contributed by atoms with van der Waals surface area (Å²) in [6, 6.07) is 0.946. The first-order valence-electron chi connectivity index (χ1n) is 8.57. The molecule has 2 unspecified atom stereocenters. The fourth-order valence-corrected chi connectivity index (χ4v) is 3.25. The Morgan fingerprint density at radius 1 is 1.23 bits per heavy atom. The van der Waals surface area contributed by atoms with Gasteiger partial charge in [-0.15, -0.1) is 0 Å². The molecule has 22 heavy (non-hydrogen) atoms. The molecule has 1 aliphatic heterocycles. The minimum atomic E-state index is 0.294. The van der Waals surface area contributed by atoms with Gasteiger partial charge in [-0.05, 0) is 46.0 Å². The lowest BCUT2D eigenvalue weighted by atomic mass is 9.92. The first-order chi connectivity index (χ1) is 10.6. The minimum absolute atomic E-state index is 0.294. The Kier molecular flexibility index (Phi) is 4.93. The lowest BCUT2D eigenvalue weighted by Crippen LogP contribution is -2.40. The third-order valence-electron chi connectivity index (χ3n) is 4.82. The molecule has 3 rings (SSSR count). The molecule has 0 radical (unpaired) electrons. The van der Waals surface area contributed by atoms with Crippen molar-refractivity contribution in [3.8, 4) is 0 Å². The molecule has 1 aromatic heterocycles. The zero-order chi connectivity index (χ0) is 15.5. The summed E-state index contributed by atoms with van der Waals surface area (Å²) in [6.45, 7) is 5.09. The van der Waals surface area contributed by atoms with Gasteiger partial charge >= 0.3 is 0 Å². The molecule has 1 saturated heterocycles. The second-order valence-electron chi connectivity index (χ2n) is 6.84. The van der Waals surface area contributed by atoms with E-state index in [1.54, 1.807) is 0 Å². The molecule has 2 aliphatic rings. The molecule has 0 bridgehead atoms. The van der Waals surface area contributed by atoms with Crippen LogP contribution in [0.5, 0.6) is 0 Å². The van der Waals surface area contributed by atoms with E-state index < -0.39 is 0 Å². The van der Waals surface area contributed by atoms with Gasteiger partial charge in [0, 0.05) is 19.6 Å². The predicted molar refractivity (Wildman–Crippen MR) is 88.1 cm³/mol. The first-order valence-corrected chi connectivity index (χ1v) is 8.57. The van der Waals surface area contributed by atoms with Crippen molar-refractivity contribution < 1.29 is 4.74 Å². The van der Waals surface area contributed by atoms with Crippen molar-refractivity contribution in [3.63, 3.8) is 0 Å². The van der Waals surface area contributed by atoms with Crippen LogP contribution in [0.4, 0.5) is 5.82 Å². The van der Waals surface area contributed by atoms with Crippen LogP contribution in [0.3, 0.4) is 0 Å². The molecule has 2 heterocycles. The summed E-state index contributed by atoms with van der Waals surface area (Å²) in [7, 11) is 2.14. The van der Waals surface area contributed by atoms with Crippen molar-refractivity contribution >= 4 is 5.82 Å². The first kappa shape index (κ1) is 15.7. The van der Waals surface area contributed by atoms with Crippen LogP contribution in [0.2, 0.25) is 0 Å². The average molecular weight is 304 g/mol. The molecule has 2 fully saturated rings. The Hall–Kier alpha value is -1.20. The average Bonchev–Trinajstić information content (AvgIpc) is 2.46. The van der Waals surface area contributed by atoms with Crippen LogP contribution in [0.1, 0.15) is 57.7 Å². The molecule has 1 aliphatic carbocycles. The van der Waals surface area contributed by atoms with E-state index >= 15 is 0 Å². The molecule has 5 nitrogen and oxygen atoms in total. The standard InChI is InChI=1S/C17H28N4O/c1-12(2)22-14-7-8-15(19-9-14)16-10-18-11-17(20-16)21(3)13-5-4-6-13/h10-15,19H,4-9H2,1-3H3. The van der Waals surface area contributed by atoms with Gasteiger partial charge in [-0.1, -0.05) is 0 Å². The van der Waals surface area contributed by atoms with Crippen LogP contribution >= 0.6 is 0 Å². The summed E-state index contributed by atoms with van der Waals surface area (Å²) in [5.41, 5.74) is 1.06. The summed E-state index contributed by atoms with van der Waals surface area (Å²) >= 11 is 0. The van der Waals surface area contributed by atoms with Gasteiger partial charge in [0.15, 0.2) is 0 Å². The maximum atomic E-state index is 5.88. The maximum absolute atomic E-state index is 5.88. The van der Waals surface area contributed by atoms with Gasteiger partial charge < -0.3 is 15.0 Å². The molecule has 122 valence electrons. The third-order valence-corrected chi connectivity index (χ3v) is 4.82. The summed E-state index contributed by atoms with van der Waals surface area (Å²) in [4.78, 5) is 11.5. The number of hydrogen-bond acceptors (Lipinski definition) is 5. The Balaban J connectivity index is 1.61. The van der Waals surface area contributed by atoms with Crippen molar-refractivity contribution in [3.05, 3.63) is 18.1 Å². The number of nitrogens with one attached hydrogen (secondary N) is 1. The molecular weight excluding hydrogens is 276 g/mol. The third kappa shape index (κ3) is 3.58. The summed E-state index contributed by atoms with van der Waals surface area (Å²) in [6.07, 6.45) is 10.4. The van der Waals surface area contributed by atoms with E-state index in [9.17, 15) is 0 Å².